The fourth-order valence-corrected chi connectivity index (χ4v) is 0. The standard InChI is InChI=1S/FHS2.Li/c1-3-2;/h2H;/q;+1/p-1. The smallest absolute Gasteiger partial charge is 0.683 e. The molecule has 0 aromatic heterocycles. The fraction of sp³-hybridized carbons (Fsp3) is 0. The van der Waals surface area contributed by atoms with E-state index in [1.165, 1.54) is 0 Å². The van der Waals surface area contributed by atoms with Gasteiger partial charge in [-0.05, 0) is 0 Å². The Morgan fingerprint density at radius 2 is 1.75 bits per heavy atom. The van der Waals surface area contributed by atoms with Crippen LogP contribution in [0.15, 0.2) is 0 Å². The second kappa shape index (κ2) is 8.88. The average molecular weight is 90.1 g/mol. The quantitative estimate of drug-likeness (QED) is 0.193. The van der Waals surface area contributed by atoms with Crippen LogP contribution in [0.4, 0.5) is 3.89 Å². The zero-order chi connectivity index (χ0) is 2.71. The predicted molar refractivity (Wildman–Crippen MR) is 16.1 cm³/mol. The van der Waals surface area contributed by atoms with Crippen LogP contribution in [0.1, 0.15) is 0 Å². The van der Waals surface area contributed by atoms with Gasteiger partial charge in [0.05, 0.1) is 0 Å². The van der Waals surface area contributed by atoms with Crippen molar-refractivity contribution in [3.05, 3.63) is 0 Å². The molecule has 0 aliphatic rings. The molecule has 0 atom stereocenters. The molecule has 0 unspecified atom stereocenters. The summed E-state index contributed by atoms with van der Waals surface area (Å²) >= 11 is 3.48. The first-order valence-corrected chi connectivity index (χ1v) is 1.96. The van der Waals surface area contributed by atoms with Gasteiger partial charge >= 0.3 is 18.9 Å². The molecule has 0 spiro atoms. The first-order chi connectivity index (χ1) is 1.41. The van der Waals surface area contributed by atoms with Crippen LogP contribution in [0.2, 0.25) is 0 Å². The van der Waals surface area contributed by atoms with Crippen molar-refractivity contribution < 1.29 is 22.7 Å². The first-order valence-electron chi connectivity index (χ1n) is 0.321. The van der Waals surface area contributed by atoms with E-state index in [9.17, 15) is 3.89 Å². The van der Waals surface area contributed by atoms with E-state index in [1.807, 2.05) is 0 Å². The molecule has 4 heavy (non-hydrogen) atoms. The second-order valence-corrected chi connectivity index (χ2v) is 0.567. The molecule has 0 N–H and O–H groups in total. The van der Waals surface area contributed by atoms with E-state index >= 15 is 0 Å². The van der Waals surface area contributed by atoms with Gasteiger partial charge in [-0.2, -0.15) is 3.89 Å². The monoisotopic (exact) mass is 90.0 g/mol. The van der Waals surface area contributed by atoms with Gasteiger partial charge in [0.2, 0.25) is 0 Å². The van der Waals surface area contributed by atoms with E-state index in [0.29, 0.717) is 0 Å². The maximum atomic E-state index is 10.0. The summed E-state index contributed by atoms with van der Waals surface area (Å²) in [5, 5.41) is 0. The SMILES string of the molecule is FS[S-].[Li+]. The van der Waals surface area contributed by atoms with E-state index in [1.54, 1.807) is 0 Å². The maximum absolute atomic E-state index is 10.0. The Morgan fingerprint density at radius 3 is 1.75 bits per heavy atom. The summed E-state index contributed by atoms with van der Waals surface area (Å²) in [4.78, 5) is 0. The van der Waals surface area contributed by atoms with Gasteiger partial charge in [0, 0.05) is 0 Å². The van der Waals surface area contributed by atoms with E-state index < -0.39 is 0 Å². The van der Waals surface area contributed by atoms with Gasteiger partial charge in [0.15, 0.2) is 0 Å². The fourth-order valence-electron chi connectivity index (χ4n) is 0. The van der Waals surface area contributed by atoms with Crippen molar-refractivity contribution >= 4 is 22.8 Å². The number of rotatable bonds is 0. The third kappa shape index (κ3) is 10.6. The van der Waals surface area contributed by atoms with Crippen LogP contribution >= 0.6 is 11.2 Å². The molecule has 0 aliphatic carbocycles. The van der Waals surface area contributed by atoms with E-state index in [2.05, 4.69) is 11.7 Å². The molecule has 0 bridgehead atoms. The third-order valence-corrected chi connectivity index (χ3v) is 0. The molecule has 0 heterocycles. The minimum absolute atomic E-state index is 0. The molecule has 0 radical (unpaired) electrons. The van der Waals surface area contributed by atoms with Gasteiger partial charge in [-0.1, -0.05) is 0 Å². The summed E-state index contributed by atoms with van der Waals surface area (Å²) in [5.41, 5.74) is 0. The van der Waals surface area contributed by atoms with Gasteiger partial charge in [-0.3, -0.25) is 0 Å². The van der Waals surface area contributed by atoms with Crippen LogP contribution in [0.25, 0.3) is 0 Å². The summed E-state index contributed by atoms with van der Waals surface area (Å²) in [6.07, 6.45) is 0. The van der Waals surface area contributed by atoms with Crippen molar-refractivity contribution in [2.45, 2.75) is 0 Å². The molecule has 0 nitrogen and oxygen atoms in total. The summed E-state index contributed by atoms with van der Waals surface area (Å²) in [6, 6.07) is 0. The van der Waals surface area contributed by atoms with Gasteiger partial charge in [-0.25, -0.2) is 0 Å². The first kappa shape index (κ1) is 8.97. The Hall–Kier alpha value is 1.23. The van der Waals surface area contributed by atoms with Crippen LogP contribution in [0.3, 0.4) is 0 Å². The summed E-state index contributed by atoms with van der Waals surface area (Å²) < 4.78 is 10.0. The Labute approximate surface area is 45.8 Å². The molecular formula is FLiS2. The van der Waals surface area contributed by atoms with Gasteiger partial charge in [0.25, 0.3) is 0 Å². The van der Waals surface area contributed by atoms with Crippen LogP contribution in [0, 0.1) is 0 Å². The van der Waals surface area contributed by atoms with Crippen LogP contribution in [-0.2, 0) is 11.7 Å². The maximum Gasteiger partial charge on any atom is 1.00 e. The molecule has 20 valence electrons. The Morgan fingerprint density at radius 1 is 1.75 bits per heavy atom. The Bertz CT molecular complexity index is 6.00. The summed E-state index contributed by atoms with van der Waals surface area (Å²) in [6.45, 7) is 0. The zero-order valence-corrected chi connectivity index (χ0v) is 3.83. The molecule has 4 heteroatoms. The predicted octanol–water partition coefficient (Wildman–Crippen LogP) is -1.93. The average Bonchev–Trinajstić information content (AvgIpc) is 0.918. The number of hydrogen-bond donors (Lipinski definition) is 0. The van der Waals surface area contributed by atoms with Crippen LogP contribution in [0.5, 0.6) is 0 Å². The molecule has 0 rings (SSSR count). The molecule has 0 saturated heterocycles. The van der Waals surface area contributed by atoms with Crippen molar-refractivity contribution in [3.63, 3.8) is 0 Å². The van der Waals surface area contributed by atoms with Crippen molar-refractivity contribution in [1.29, 1.82) is 0 Å². The normalized spacial score (nSPS) is 4.50. The minimum atomic E-state index is -0.167. The van der Waals surface area contributed by atoms with Crippen molar-refractivity contribution in [3.8, 4) is 0 Å². The molecule has 0 amide bonds. The Kier molecular flexibility index (Phi) is 19.9. The van der Waals surface area contributed by atoms with Crippen LogP contribution in [-0.4, -0.2) is 0 Å². The van der Waals surface area contributed by atoms with E-state index in [-0.39, 0.29) is 30.0 Å². The van der Waals surface area contributed by atoms with Gasteiger partial charge in [0.1, 0.15) is 0 Å². The summed E-state index contributed by atoms with van der Waals surface area (Å²) in [7, 11) is 0. The van der Waals surface area contributed by atoms with Crippen molar-refractivity contribution in [2.24, 2.45) is 0 Å². The largest absolute Gasteiger partial charge is 1.00 e. The minimum Gasteiger partial charge on any atom is -0.683 e. The molecule has 0 fully saturated rings. The van der Waals surface area contributed by atoms with Gasteiger partial charge in [-0.15, -0.1) is 11.2 Å². The topological polar surface area (TPSA) is 0 Å². The molecule has 0 aliphatic heterocycles. The zero-order valence-electron chi connectivity index (χ0n) is 2.19. The van der Waals surface area contributed by atoms with Gasteiger partial charge < -0.3 is 11.7 Å². The molecule has 0 saturated carbocycles. The molecular weight excluding hydrogens is 90.1 g/mol. The third-order valence-electron chi connectivity index (χ3n) is 0. The van der Waals surface area contributed by atoms with Crippen molar-refractivity contribution in [1.82, 2.24) is 0 Å². The Balaban J connectivity index is 0. The van der Waals surface area contributed by atoms with Crippen LogP contribution < -0.4 is 18.9 Å². The van der Waals surface area contributed by atoms with E-state index in [0.717, 1.165) is 0 Å². The number of hydrogen-bond acceptors (Lipinski definition) is 2. The second-order valence-electron chi connectivity index (χ2n) is 0.0630. The molecule has 0 aromatic carbocycles. The van der Waals surface area contributed by atoms with E-state index in [4.69, 9.17) is 0 Å². The number of halogens is 1. The summed E-state index contributed by atoms with van der Waals surface area (Å²) in [5.74, 6) is 0. The molecule has 0 aromatic rings. The van der Waals surface area contributed by atoms with Crippen molar-refractivity contribution in [2.75, 3.05) is 0 Å².